The molecule has 0 heterocycles. The molecule has 1 rings (SSSR count). The van der Waals surface area contributed by atoms with Gasteiger partial charge in [0.15, 0.2) is 9.84 Å². The van der Waals surface area contributed by atoms with Crippen molar-refractivity contribution in [3.63, 3.8) is 0 Å². The van der Waals surface area contributed by atoms with Crippen LogP contribution in [0.15, 0.2) is 23.1 Å². The highest BCUT2D eigenvalue weighted by Gasteiger charge is 2.12. The Balaban J connectivity index is 2.65. The highest BCUT2D eigenvalue weighted by Crippen LogP contribution is 2.19. The van der Waals surface area contributed by atoms with Gasteiger partial charge in [-0.25, -0.2) is 8.42 Å². The molecule has 0 aromatic heterocycles. The van der Waals surface area contributed by atoms with Gasteiger partial charge in [-0.15, -0.1) is 0 Å². The van der Waals surface area contributed by atoms with Gasteiger partial charge in [0, 0.05) is 31.5 Å². The number of hydrogen-bond donors (Lipinski definition) is 2. The summed E-state index contributed by atoms with van der Waals surface area (Å²) in [5.74, 6) is 0. The summed E-state index contributed by atoms with van der Waals surface area (Å²) in [7, 11) is -3.23. The van der Waals surface area contributed by atoms with E-state index in [-0.39, 0.29) is 4.90 Å². The second-order valence-corrected chi connectivity index (χ2v) is 6.17. The van der Waals surface area contributed by atoms with Gasteiger partial charge in [-0.05, 0) is 6.07 Å². The average Bonchev–Trinajstić information content (AvgIpc) is 2.23. The molecule has 2 N–H and O–H groups in total. The Hall–Kier alpha value is -1.07. The first-order valence-electron chi connectivity index (χ1n) is 5.59. The predicted molar refractivity (Wildman–Crippen MR) is 70.0 cm³/mol. The lowest BCUT2D eigenvalue weighted by molar-refractivity contribution is 0.598. The third-order valence-corrected chi connectivity index (χ3v) is 3.26. The zero-order valence-corrected chi connectivity index (χ0v) is 11.3. The van der Waals surface area contributed by atoms with Crippen molar-refractivity contribution in [2.45, 2.75) is 24.8 Å². The number of nitrogens with one attached hydrogen (secondary N) is 2. The van der Waals surface area contributed by atoms with Crippen LogP contribution in [0.2, 0.25) is 0 Å². The van der Waals surface area contributed by atoms with Crippen molar-refractivity contribution in [2.24, 2.45) is 0 Å². The van der Waals surface area contributed by atoms with Crippen molar-refractivity contribution < 1.29 is 8.42 Å². The Morgan fingerprint density at radius 2 is 2.06 bits per heavy atom. The van der Waals surface area contributed by atoms with Gasteiger partial charge in [-0.1, -0.05) is 26.0 Å². The Kier molecular flexibility index (Phi) is 4.96. The maximum Gasteiger partial charge on any atom is 0.178 e. The van der Waals surface area contributed by atoms with Gasteiger partial charge >= 0.3 is 0 Å². The highest BCUT2D eigenvalue weighted by molar-refractivity contribution is 7.90. The van der Waals surface area contributed by atoms with Crippen molar-refractivity contribution in [3.8, 4) is 0 Å². The quantitative estimate of drug-likeness (QED) is 0.752. The minimum atomic E-state index is -3.23. The van der Waals surface area contributed by atoms with E-state index in [9.17, 15) is 8.42 Å². The lowest BCUT2D eigenvalue weighted by Gasteiger charge is -2.12. The van der Waals surface area contributed by atoms with Crippen molar-refractivity contribution in [3.05, 3.63) is 24.3 Å². The molecule has 0 aliphatic heterocycles. The van der Waals surface area contributed by atoms with E-state index in [1.807, 2.05) is 0 Å². The smallest absolute Gasteiger partial charge is 0.178 e. The standard InChI is InChI=1S/C12H19N2O2S/c1-10(2)13-8-9-14-11-6-4-5-7-12(11)17(3,15)16/h4-6,10,13-14H,8-9H2,1-3H3. The fourth-order valence-corrected chi connectivity index (χ4v) is 2.25. The number of hydrogen-bond acceptors (Lipinski definition) is 4. The molecule has 0 aliphatic rings. The Bertz CT molecular complexity index is 455. The second kappa shape index (κ2) is 6.02. The molecule has 0 saturated heterocycles. The second-order valence-electron chi connectivity index (χ2n) is 4.22. The zero-order chi connectivity index (χ0) is 12.9. The summed E-state index contributed by atoms with van der Waals surface area (Å²) < 4.78 is 23.0. The van der Waals surface area contributed by atoms with Gasteiger partial charge in [-0.2, -0.15) is 0 Å². The molecule has 0 aliphatic carbocycles. The van der Waals surface area contributed by atoms with Crippen LogP contribution in [0.3, 0.4) is 0 Å². The van der Waals surface area contributed by atoms with E-state index in [2.05, 4.69) is 30.5 Å². The van der Waals surface area contributed by atoms with Gasteiger partial charge in [0.05, 0.1) is 10.6 Å². The van der Waals surface area contributed by atoms with E-state index in [0.29, 0.717) is 18.3 Å². The van der Waals surface area contributed by atoms with Gasteiger partial charge in [0.1, 0.15) is 0 Å². The minimum absolute atomic E-state index is 0.226. The molecule has 0 saturated carbocycles. The van der Waals surface area contributed by atoms with Crippen LogP contribution in [-0.4, -0.2) is 33.8 Å². The van der Waals surface area contributed by atoms with Crippen LogP contribution in [0.5, 0.6) is 0 Å². The Labute approximate surface area is 103 Å². The molecule has 1 aromatic carbocycles. The van der Waals surface area contributed by atoms with Crippen molar-refractivity contribution >= 4 is 15.5 Å². The number of sulfone groups is 1. The molecule has 0 bridgehead atoms. The largest absolute Gasteiger partial charge is 0.383 e. The number of rotatable bonds is 6. The first kappa shape index (κ1) is 14.0. The molecule has 5 heteroatoms. The summed E-state index contributed by atoms with van der Waals surface area (Å²) in [6.07, 6.45) is 1.19. The minimum Gasteiger partial charge on any atom is -0.383 e. The van der Waals surface area contributed by atoms with Crippen LogP contribution >= 0.6 is 0 Å². The summed E-state index contributed by atoms with van der Waals surface area (Å²) in [6, 6.07) is 8.31. The van der Waals surface area contributed by atoms with Crippen molar-refractivity contribution in [1.82, 2.24) is 5.32 Å². The summed E-state index contributed by atoms with van der Waals surface area (Å²) in [5.41, 5.74) is 0.612. The molecule has 0 amide bonds. The molecule has 1 aromatic rings. The zero-order valence-electron chi connectivity index (χ0n) is 10.4. The Morgan fingerprint density at radius 1 is 1.35 bits per heavy atom. The Morgan fingerprint density at radius 3 is 2.65 bits per heavy atom. The third kappa shape index (κ3) is 4.75. The van der Waals surface area contributed by atoms with Crippen LogP contribution in [0, 0.1) is 6.07 Å². The molecule has 1 radical (unpaired) electrons. The summed E-state index contributed by atoms with van der Waals surface area (Å²) in [6.45, 7) is 5.60. The molecule has 95 valence electrons. The van der Waals surface area contributed by atoms with Crippen molar-refractivity contribution in [2.75, 3.05) is 24.7 Å². The van der Waals surface area contributed by atoms with Crippen LogP contribution in [0.1, 0.15) is 13.8 Å². The van der Waals surface area contributed by atoms with Gasteiger partial charge in [0.25, 0.3) is 0 Å². The van der Waals surface area contributed by atoms with Crippen LogP contribution in [-0.2, 0) is 9.84 Å². The maximum atomic E-state index is 11.5. The van der Waals surface area contributed by atoms with Crippen LogP contribution in [0.4, 0.5) is 5.69 Å². The first-order chi connectivity index (χ1) is 7.91. The molecule has 0 unspecified atom stereocenters. The summed E-state index contributed by atoms with van der Waals surface area (Å²) in [4.78, 5) is 0.226. The fourth-order valence-electron chi connectivity index (χ4n) is 1.43. The van der Waals surface area contributed by atoms with E-state index in [4.69, 9.17) is 0 Å². The first-order valence-corrected chi connectivity index (χ1v) is 7.48. The maximum absolute atomic E-state index is 11.5. The molecule has 0 atom stereocenters. The predicted octanol–water partition coefficient (Wildman–Crippen LogP) is 1.30. The average molecular weight is 255 g/mol. The van der Waals surface area contributed by atoms with Gasteiger partial charge in [-0.3, -0.25) is 0 Å². The summed E-state index contributed by atoms with van der Waals surface area (Å²) in [5, 5.41) is 6.35. The van der Waals surface area contributed by atoms with E-state index >= 15 is 0 Å². The molecular formula is C12H19N2O2S. The topological polar surface area (TPSA) is 58.2 Å². The molecule has 0 fully saturated rings. The van der Waals surface area contributed by atoms with Crippen LogP contribution < -0.4 is 10.6 Å². The van der Waals surface area contributed by atoms with E-state index in [1.165, 1.54) is 6.26 Å². The van der Waals surface area contributed by atoms with E-state index < -0.39 is 9.84 Å². The van der Waals surface area contributed by atoms with Gasteiger partial charge < -0.3 is 10.6 Å². The number of anilines is 1. The summed E-state index contributed by atoms with van der Waals surface area (Å²) >= 11 is 0. The van der Waals surface area contributed by atoms with E-state index in [1.54, 1.807) is 18.2 Å². The molecule has 4 nitrogen and oxygen atoms in total. The van der Waals surface area contributed by atoms with Crippen LogP contribution in [0.25, 0.3) is 0 Å². The van der Waals surface area contributed by atoms with E-state index in [0.717, 1.165) is 6.54 Å². The molecule has 17 heavy (non-hydrogen) atoms. The molecule has 0 spiro atoms. The lowest BCUT2D eigenvalue weighted by Crippen LogP contribution is -2.28. The monoisotopic (exact) mass is 255 g/mol. The van der Waals surface area contributed by atoms with Crippen molar-refractivity contribution in [1.29, 1.82) is 0 Å². The lowest BCUT2D eigenvalue weighted by atomic mass is 10.3. The van der Waals surface area contributed by atoms with Gasteiger partial charge in [0.2, 0.25) is 0 Å². The number of benzene rings is 1. The third-order valence-electron chi connectivity index (χ3n) is 2.18. The molecular weight excluding hydrogens is 236 g/mol. The normalized spacial score (nSPS) is 11.8. The highest BCUT2D eigenvalue weighted by atomic mass is 32.2. The SMILES string of the molecule is CC(C)NCCNc1ccc[c]c1S(C)(=O)=O. The fraction of sp³-hybridized carbons (Fsp3) is 0.500.